The second-order valence-corrected chi connectivity index (χ2v) is 7.75. The Kier molecular flexibility index (Phi) is 7.11. The first kappa shape index (κ1) is 20.0. The van der Waals surface area contributed by atoms with E-state index in [2.05, 4.69) is 22.6 Å². The highest BCUT2D eigenvalue weighted by atomic mass is 35.5. The molecule has 5 nitrogen and oxygen atoms in total. The summed E-state index contributed by atoms with van der Waals surface area (Å²) in [4.78, 5) is 27.4. The minimum atomic E-state index is -0.612. The Bertz CT molecular complexity index is 629. The molecular formula is C18H25Cl2N3O2. The first-order valence-electron chi connectivity index (χ1n) is 8.52. The summed E-state index contributed by atoms with van der Waals surface area (Å²) in [6.45, 7) is 5.74. The SMILES string of the molecule is CC(C)[C@H](NC(=O)c1ccc(Cl)cc1Cl)C(=O)NC1CCN(C)CC1. The molecule has 0 aliphatic carbocycles. The molecule has 0 saturated carbocycles. The minimum absolute atomic E-state index is 0.0405. The number of hydrogen-bond acceptors (Lipinski definition) is 3. The summed E-state index contributed by atoms with van der Waals surface area (Å²) in [6.07, 6.45) is 1.84. The molecule has 2 N–H and O–H groups in total. The van der Waals surface area contributed by atoms with E-state index >= 15 is 0 Å². The third-order valence-corrected chi connectivity index (χ3v) is 5.02. The molecule has 25 heavy (non-hydrogen) atoms. The van der Waals surface area contributed by atoms with Crippen molar-refractivity contribution in [2.75, 3.05) is 20.1 Å². The fourth-order valence-electron chi connectivity index (χ4n) is 2.87. The van der Waals surface area contributed by atoms with E-state index in [1.165, 1.54) is 6.07 Å². The smallest absolute Gasteiger partial charge is 0.253 e. The zero-order chi connectivity index (χ0) is 18.6. The molecule has 0 aromatic heterocycles. The summed E-state index contributed by atoms with van der Waals surface area (Å²) in [5.41, 5.74) is 0.309. The molecule has 138 valence electrons. The Morgan fingerprint density at radius 2 is 1.84 bits per heavy atom. The number of carbonyl (C=O) groups excluding carboxylic acids is 2. The molecule has 1 aliphatic heterocycles. The van der Waals surface area contributed by atoms with Gasteiger partial charge in [-0.25, -0.2) is 0 Å². The summed E-state index contributed by atoms with van der Waals surface area (Å²) >= 11 is 11.9. The van der Waals surface area contributed by atoms with Gasteiger partial charge in [0.1, 0.15) is 6.04 Å². The Morgan fingerprint density at radius 1 is 1.20 bits per heavy atom. The number of amides is 2. The van der Waals surface area contributed by atoms with Crippen LogP contribution in [0, 0.1) is 5.92 Å². The molecule has 7 heteroatoms. The van der Waals surface area contributed by atoms with Gasteiger partial charge in [-0.3, -0.25) is 9.59 Å². The van der Waals surface area contributed by atoms with Gasteiger partial charge in [0.15, 0.2) is 0 Å². The van der Waals surface area contributed by atoms with Crippen molar-refractivity contribution in [1.29, 1.82) is 0 Å². The molecule has 0 unspecified atom stereocenters. The molecule has 0 radical (unpaired) electrons. The lowest BCUT2D eigenvalue weighted by Crippen LogP contribution is -2.53. The highest BCUT2D eigenvalue weighted by Crippen LogP contribution is 2.21. The number of nitrogens with zero attached hydrogens (tertiary/aromatic N) is 1. The number of nitrogens with one attached hydrogen (secondary N) is 2. The first-order chi connectivity index (χ1) is 11.8. The van der Waals surface area contributed by atoms with Gasteiger partial charge in [-0.15, -0.1) is 0 Å². The second-order valence-electron chi connectivity index (χ2n) is 6.91. The summed E-state index contributed by atoms with van der Waals surface area (Å²) in [5.74, 6) is -0.567. The van der Waals surface area contributed by atoms with Crippen LogP contribution in [-0.4, -0.2) is 48.9 Å². The lowest BCUT2D eigenvalue weighted by atomic mass is 10.0. The van der Waals surface area contributed by atoms with Crippen LogP contribution in [0.5, 0.6) is 0 Å². The van der Waals surface area contributed by atoms with Crippen LogP contribution in [0.4, 0.5) is 0 Å². The average Bonchev–Trinajstić information content (AvgIpc) is 2.54. The van der Waals surface area contributed by atoms with E-state index in [9.17, 15) is 9.59 Å². The minimum Gasteiger partial charge on any atom is -0.351 e. The number of piperidine rings is 1. The normalized spacial score (nSPS) is 17.4. The van der Waals surface area contributed by atoms with Crippen LogP contribution in [0.1, 0.15) is 37.0 Å². The van der Waals surface area contributed by atoms with Gasteiger partial charge in [-0.1, -0.05) is 37.0 Å². The topological polar surface area (TPSA) is 61.4 Å². The van der Waals surface area contributed by atoms with E-state index in [1.807, 2.05) is 13.8 Å². The summed E-state index contributed by atoms with van der Waals surface area (Å²) < 4.78 is 0. The first-order valence-corrected chi connectivity index (χ1v) is 9.28. The Hall–Kier alpha value is -1.30. The maximum Gasteiger partial charge on any atom is 0.253 e. The number of halogens is 2. The van der Waals surface area contributed by atoms with Gasteiger partial charge >= 0.3 is 0 Å². The molecule has 2 amide bonds. The van der Waals surface area contributed by atoms with Crippen molar-refractivity contribution in [3.63, 3.8) is 0 Å². The number of rotatable bonds is 5. The summed E-state index contributed by atoms with van der Waals surface area (Å²) in [7, 11) is 2.07. The average molecular weight is 386 g/mol. The van der Waals surface area contributed by atoms with E-state index in [4.69, 9.17) is 23.2 Å². The van der Waals surface area contributed by atoms with Crippen molar-refractivity contribution in [3.8, 4) is 0 Å². The Labute approximate surface area is 159 Å². The molecule has 1 saturated heterocycles. The van der Waals surface area contributed by atoms with Gasteiger partial charge in [0.05, 0.1) is 10.6 Å². The predicted molar refractivity (Wildman–Crippen MR) is 101 cm³/mol. The number of hydrogen-bond donors (Lipinski definition) is 2. The quantitative estimate of drug-likeness (QED) is 0.818. The van der Waals surface area contributed by atoms with Gasteiger partial charge in [-0.05, 0) is 57.1 Å². The molecule has 2 rings (SSSR count). The third kappa shape index (κ3) is 5.59. The van der Waals surface area contributed by atoms with Gasteiger partial charge in [0.2, 0.25) is 5.91 Å². The summed E-state index contributed by atoms with van der Waals surface area (Å²) in [5, 5.41) is 6.60. The van der Waals surface area contributed by atoms with Crippen molar-refractivity contribution < 1.29 is 9.59 Å². The largest absolute Gasteiger partial charge is 0.351 e. The van der Waals surface area contributed by atoms with Crippen LogP contribution in [0.2, 0.25) is 10.0 Å². The van der Waals surface area contributed by atoms with Gasteiger partial charge in [0.25, 0.3) is 5.91 Å². The molecule has 1 aromatic rings. The molecule has 1 aromatic carbocycles. The van der Waals surface area contributed by atoms with Crippen molar-refractivity contribution >= 4 is 35.0 Å². The van der Waals surface area contributed by atoms with Crippen LogP contribution in [0.3, 0.4) is 0 Å². The molecule has 1 atom stereocenters. The fraction of sp³-hybridized carbons (Fsp3) is 0.556. The highest BCUT2D eigenvalue weighted by Gasteiger charge is 2.28. The number of likely N-dealkylation sites (tertiary alicyclic amines) is 1. The van der Waals surface area contributed by atoms with Crippen LogP contribution in [0.15, 0.2) is 18.2 Å². The van der Waals surface area contributed by atoms with Crippen molar-refractivity contribution in [2.24, 2.45) is 5.92 Å². The molecule has 1 heterocycles. The van der Waals surface area contributed by atoms with Crippen LogP contribution in [0.25, 0.3) is 0 Å². The zero-order valence-electron chi connectivity index (χ0n) is 14.8. The standard InChI is InChI=1S/C18H25Cl2N3O2/c1-11(2)16(18(25)21-13-6-8-23(3)9-7-13)22-17(24)14-5-4-12(19)10-15(14)20/h4-5,10-11,13,16H,6-9H2,1-3H3,(H,21,25)(H,22,24)/t16-/m0/s1. The molecule has 1 fully saturated rings. The lowest BCUT2D eigenvalue weighted by Gasteiger charge is -2.31. The van der Waals surface area contributed by atoms with E-state index in [1.54, 1.807) is 12.1 Å². The second kappa shape index (κ2) is 8.88. The summed E-state index contributed by atoms with van der Waals surface area (Å²) in [6, 6.07) is 4.22. The maximum atomic E-state index is 12.6. The Morgan fingerprint density at radius 3 is 2.40 bits per heavy atom. The van der Waals surface area contributed by atoms with Crippen molar-refractivity contribution in [3.05, 3.63) is 33.8 Å². The van der Waals surface area contributed by atoms with E-state index in [0.29, 0.717) is 10.6 Å². The van der Waals surface area contributed by atoms with E-state index < -0.39 is 6.04 Å². The van der Waals surface area contributed by atoms with E-state index in [-0.39, 0.29) is 28.8 Å². The fourth-order valence-corrected chi connectivity index (χ4v) is 3.37. The number of carbonyl (C=O) groups is 2. The van der Waals surface area contributed by atoms with Crippen molar-refractivity contribution in [2.45, 2.75) is 38.8 Å². The molecule has 0 spiro atoms. The molecular weight excluding hydrogens is 361 g/mol. The highest BCUT2D eigenvalue weighted by molar-refractivity contribution is 6.36. The lowest BCUT2D eigenvalue weighted by molar-refractivity contribution is -0.125. The van der Waals surface area contributed by atoms with Crippen molar-refractivity contribution in [1.82, 2.24) is 15.5 Å². The monoisotopic (exact) mass is 385 g/mol. The van der Waals surface area contributed by atoms with Crippen LogP contribution >= 0.6 is 23.2 Å². The Balaban J connectivity index is 2.02. The van der Waals surface area contributed by atoms with Crippen LogP contribution in [-0.2, 0) is 4.79 Å². The van der Waals surface area contributed by atoms with Gasteiger partial charge in [0, 0.05) is 11.1 Å². The number of benzene rings is 1. The van der Waals surface area contributed by atoms with E-state index in [0.717, 1.165) is 25.9 Å². The van der Waals surface area contributed by atoms with Gasteiger partial charge in [-0.2, -0.15) is 0 Å². The maximum absolute atomic E-state index is 12.6. The van der Waals surface area contributed by atoms with Gasteiger partial charge < -0.3 is 15.5 Å². The molecule has 0 bridgehead atoms. The molecule has 1 aliphatic rings. The third-order valence-electron chi connectivity index (χ3n) is 4.48. The van der Waals surface area contributed by atoms with Crippen LogP contribution < -0.4 is 10.6 Å². The zero-order valence-corrected chi connectivity index (χ0v) is 16.3. The predicted octanol–water partition coefficient (Wildman–Crippen LogP) is 2.96.